The van der Waals surface area contributed by atoms with Gasteiger partial charge >= 0.3 is 0 Å². The minimum Gasteiger partial charge on any atom is -0.368 e. The van der Waals surface area contributed by atoms with Gasteiger partial charge in [0, 0.05) is 31.7 Å². The van der Waals surface area contributed by atoms with Crippen LogP contribution in [0.5, 0.6) is 0 Å². The van der Waals surface area contributed by atoms with E-state index in [9.17, 15) is 0 Å². The van der Waals surface area contributed by atoms with Crippen LogP contribution < -0.4 is 5.73 Å². The predicted molar refractivity (Wildman–Crippen MR) is 104 cm³/mol. The van der Waals surface area contributed by atoms with Gasteiger partial charge in [0.15, 0.2) is 0 Å². The molecule has 0 unspecified atom stereocenters. The zero-order valence-corrected chi connectivity index (χ0v) is 15.7. The number of nitrogens with two attached hydrogens (primary N) is 1. The van der Waals surface area contributed by atoms with Crippen LogP contribution in [0.25, 0.3) is 0 Å². The quantitative estimate of drug-likeness (QED) is 0.664. The van der Waals surface area contributed by atoms with Gasteiger partial charge in [0.05, 0.1) is 0 Å². The van der Waals surface area contributed by atoms with Crippen LogP contribution in [0.2, 0.25) is 0 Å². The molecule has 2 rings (SSSR count). The molecular weight excluding hydrogens is 298 g/mol. The molecule has 0 radical (unpaired) electrons. The Labute approximate surface area is 147 Å². The molecule has 1 aromatic heterocycles. The third-order valence-corrected chi connectivity index (χ3v) is 4.07. The van der Waals surface area contributed by atoms with Crippen molar-refractivity contribution in [1.29, 1.82) is 0 Å². The highest BCUT2D eigenvalue weighted by atomic mass is 15.1. The fraction of sp³-hybridized carbons (Fsp3) is 0.632. The van der Waals surface area contributed by atoms with E-state index in [0.717, 1.165) is 26.1 Å². The van der Waals surface area contributed by atoms with Gasteiger partial charge in [-0.05, 0) is 63.2 Å². The largest absolute Gasteiger partial charge is 0.368 e. The van der Waals surface area contributed by atoms with Crippen molar-refractivity contribution in [3.05, 3.63) is 29.6 Å². The van der Waals surface area contributed by atoms with Crippen LogP contribution in [-0.4, -0.2) is 48.2 Å². The Hall–Kier alpha value is -1.75. The molecule has 2 N–H and O–H groups in total. The Morgan fingerprint density at radius 2 is 2.04 bits per heavy atom. The van der Waals surface area contributed by atoms with Crippen LogP contribution in [0.1, 0.15) is 57.1 Å². The SMILES string of the molecule is CC.CCN=C(N)/N=C\CCN1CCC(c2cncc(C)c2)CC1. The summed E-state index contributed by atoms with van der Waals surface area (Å²) in [6, 6.07) is 2.27. The van der Waals surface area contributed by atoms with Crippen molar-refractivity contribution in [1.82, 2.24) is 9.88 Å². The number of rotatable bonds is 5. The molecule has 0 amide bonds. The number of guanidine groups is 1. The zero-order chi connectivity index (χ0) is 17.8. The molecule has 134 valence electrons. The topological polar surface area (TPSA) is 66.9 Å². The van der Waals surface area contributed by atoms with Crippen LogP contribution in [0.3, 0.4) is 0 Å². The molecule has 5 heteroatoms. The number of pyridine rings is 1. The lowest BCUT2D eigenvalue weighted by molar-refractivity contribution is 0.218. The second-order valence-corrected chi connectivity index (χ2v) is 5.84. The summed E-state index contributed by atoms with van der Waals surface area (Å²) >= 11 is 0. The molecule has 0 atom stereocenters. The summed E-state index contributed by atoms with van der Waals surface area (Å²) in [5.74, 6) is 1.04. The molecule has 2 heterocycles. The lowest BCUT2D eigenvalue weighted by Crippen LogP contribution is -2.33. The third-order valence-electron chi connectivity index (χ3n) is 4.07. The van der Waals surface area contributed by atoms with Crippen molar-refractivity contribution in [3.63, 3.8) is 0 Å². The van der Waals surface area contributed by atoms with Crippen LogP contribution in [-0.2, 0) is 0 Å². The van der Waals surface area contributed by atoms with Crippen LogP contribution in [0.15, 0.2) is 28.4 Å². The van der Waals surface area contributed by atoms with E-state index >= 15 is 0 Å². The first-order valence-corrected chi connectivity index (χ1v) is 9.15. The van der Waals surface area contributed by atoms with E-state index in [2.05, 4.69) is 32.9 Å². The number of aryl methyl sites for hydroxylation is 1. The Bertz CT molecular complexity index is 516. The summed E-state index contributed by atoms with van der Waals surface area (Å²) in [5.41, 5.74) is 8.28. The van der Waals surface area contributed by atoms with E-state index in [1.165, 1.54) is 24.0 Å². The number of piperidine rings is 1. The maximum atomic E-state index is 5.63. The van der Waals surface area contributed by atoms with Gasteiger partial charge < -0.3 is 10.6 Å². The number of hydrogen-bond donors (Lipinski definition) is 1. The fourth-order valence-corrected chi connectivity index (χ4v) is 2.89. The first-order chi connectivity index (χ1) is 11.7. The normalized spacial score (nSPS) is 16.9. The van der Waals surface area contributed by atoms with E-state index in [1.54, 1.807) is 0 Å². The molecule has 1 aromatic rings. The van der Waals surface area contributed by atoms with E-state index in [-0.39, 0.29) is 0 Å². The van der Waals surface area contributed by atoms with Gasteiger partial charge in [-0.25, -0.2) is 4.99 Å². The number of hydrogen-bond acceptors (Lipinski definition) is 3. The van der Waals surface area contributed by atoms with E-state index in [0.29, 0.717) is 18.4 Å². The van der Waals surface area contributed by atoms with E-state index < -0.39 is 0 Å². The Kier molecular flexibility index (Phi) is 9.92. The molecule has 0 aromatic carbocycles. The van der Waals surface area contributed by atoms with Crippen molar-refractivity contribution < 1.29 is 0 Å². The molecule has 1 aliphatic heterocycles. The summed E-state index contributed by atoms with van der Waals surface area (Å²) in [7, 11) is 0. The average Bonchev–Trinajstić information content (AvgIpc) is 2.61. The Balaban J connectivity index is 0.00000139. The van der Waals surface area contributed by atoms with E-state index in [1.807, 2.05) is 39.4 Å². The predicted octanol–water partition coefficient (Wildman–Crippen LogP) is 3.39. The highest BCUT2D eigenvalue weighted by Crippen LogP contribution is 2.27. The number of aromatic nitrogens is 1. The van der Waals surface area contributed by atoms with Crippen molar-refractivity contribution in [2.24, 2.45) is 15.7 Å². The summed E-state index contributed by atoms with van der Waals surface area (Å²) in [5, 5.41) is 0. The smallest absolute Gasteiger partial charge is 0.214 e. The molecule has 0 aliphatic carbocycles. The summed E-state index contributed by atoms with van der Waals surface area (Å²) in [4.78, 5) is 15.0. The molecule has 0 bridgehead atoms. The molecule has 5 nitrogen and oxygen atoms in total. The number of nitrogens with zero attached hydrogens (tertiary/aromatic N) is 4. The molecule has 1 fully saturated rings. The standard InChI is InChI=1S/C17H27N5.C2H6/c1-3-20-17(18)21-7-4-8-22-9-5-15(6-10-22)16-11-14(2)12-19-13-16;1-2/h7,11-13,15H,3-6,8-10H2,1-2H3,(H2,18,20);1-2H3/b21-7-;. The van der Waals surface area contributed by atoms with E-state index in [4.69, 9.17) is 5.73 Å². The monoisotopic (exact) mass is 331 g/mol. The van der Waals surface area contributed by atoms with Gasteiger partial charge in [-0.2, -0.15) is 0 Å². The maximum absolute atomic E-state index is 5.63. The van der Waals surface area contributed by atoms with Crippen molar-refractivity contribution in [3.8, 4) is 0 Å². The Morgan fingerprint density at radius 1 is 1.33 bits per heavy atom. The van der Waals surface area contributed by atoms with Crippen molar-refractivity contribution in [2.45, 2.75) is 52.9 Å². The second kappa shape index (κ2) is 11.7. The van der Waals surface area contributed by atoms with Crippen LogP contribution in [0, 0.1) is 6.92 Å². The summed E-state index contributed by atoms with van der Waals surface area (Å²) in [6.45, 7) is 12.1. The van der Waals surface area contributed by atoms with Crippen LogP contribution in [0.4, 0.5) is 0 Å². The molecule has 0 spiro atoms. The lowest BCUT2D eigenvalue weighted by Gasteiger charge is -2.31. The van der Waals surface area contributed by atoms with Gasteiger partial charge in [-0.3, -0.25) is 9.98 Å². The molecule has 24 heavy (non-hydrogen) atoms. The van der Waals surface area contributed by atoms with Gasteiger partial charge in [-0.1, -0.05) is 19.9 Å². The fourth-order valence-electron chi connectivity index (χ4n) is 2.89. The van der Waals surface area contributed by atoms with Gasteiger partial charge in [-0.15, -0.1) is 0 Å². The average molecular weight is 332 g/mol. The second-order valence-electron chi connectivity index (χ2n) is 5.84. The van der Waals surface area contributed by atoms with Crippen molar-refractivity contribution >= 4 is 12.2 Å². The van der Waals surface area contributed by atoms with Crippen molar-refractivity contribution in [2.75, 3.05) is 26.2 Å². The summed E-state index contributed by atoms with van der Waals surface area (Å²) < 4.78 is 0. The summed E-state index contributed by atoms with van der Waals surface area (Å²) in [6.07, 6.45) is 9.17. The van der Waals surface area contributed by atoms with Gasteiger partial charge in [0.1, 0.15) is 0 Å². The lowest BCUT2D eigenvalue weighted by atomic mass is 9.90. The van der Waals surface area contributed by atoms with Gasteiger partial charge in [0.25, 0.3) is 0 Å². The number of likely N-dealkylation sites (tertiary alicyclic amines) is 1. The molecule has 0 saturated carbocycles. The maximum Gasteiger partial charge on any atom is 0.214 e. The van der Waals surface area contributed by atoms with Crippen LogP contribution >= 0.6 is 0 Å². The molecular formula is C19H33N5. The highest BCUT2D eigenvalue weighted by molar-refractivity contribution is 5.86. The minimum absolute atomic E-state index is 0.383. The Morgan fingerprint density at radius 3 is 2.67 bits per heavy atom. The molecule has 1 aliphatic rings. The minimum atomic E-state index is 0.383. The zero-order valence-electron chi connectivity index (χ0n) is 15.7. The van der Waals surface area contributed by atoms with Gasteiger partial charge in [0.2, 0.25) is 5.96 Å². The molecule has 1 saturated heterocycles. The first-order valence-electron chi connectivity index (χ1n) is 9.15. The third kappa shape index (κ3) is 7.21. The first kappa shape index (κ1) is 20.3. The number of aliphatic imine (C=N–C) groups is 2. The highest BCUT2D eigenvalue weighted by Gasteiger charge is 2.20.